The van der Waals surface area contributed by atoms with Crippen molar-refractivity contribution in [2.45, 2.75) is 57.4 Å². The summed E-state index contributed by atoms with van der Waals surface area (Å²) >= 11 is 6.39. The number of nitrogens with one attached hydrogen (secondary N) is 3. The van der Waals surface area contributed by atoms with Crippen LogP contribution in [-0.2, 0) is 33.3 Å². The van der Waals surface area contributed by atoms with Crippen molar-refractivity contribution in [2.24, 2.45) is 11.8 Å². The number of hydrogen-bond acceptors (Lipinski definition) is 12. The predicted octanol–water partition coefficient (Wildman–Crippen LogP) is 6.53. The number of benzene rings is 3. The number of ether oxygens (including phenoxy) is 5. The van der Waals surface area contributed by atoms with E-state index in [1.807, 2.05) is 13.0 Å². The van der Waals surface area contributed by atoms with Gasteiger partial charge in [-0.15, -0.1) is 0 Å². The largest absolute Gasteiger partial charge is 0.490 e. The number of carbonyl (C=O) groups is 5. The van der Waals surface area contributed by atoms with E-state index in [1.165, 1.54) is 6.07 Å². The highest BCUT2D eigenvalue weighted by atomic mass is 35.5. The number of anilines is 2. The molecule has 0 radical (unpaired) electrons. The SMILES string of the molecule is C[C@@H](C(=O)Nc1ccc(Cl)c(OCCOCCOCCOCCOCCNc2cccc3c2C(=O)N(C2CCC(=O)NC2=O)C3=O)c1)[C@H]1CC[C@@H](c2ccnc3ccc(F)cc32)CC1. The molecule has 2 fully saturated rings. The number of fused-ring (bicyclic) bond motifs is 2. The molecular weight excluding hydrogens is 849 g/mol. The second-order valence-electron chi connectivity index (χ2n) is 16.0. The Kier molecular flexibility index (Phi) is 16.3. The molecule has 1 unspecified atom stereocenters. The summed E-state index contributed by atoms with van der Waals surface area (Å²) in [6, 6.07) is 15.7. The Morgan fingerprint density at radius 3 is 2.27 bits per heavy atom. The maximum atomic E-state index is 14.0. The maximum absolute atomic E-state index is 14.0. The number of pyridine rings is 1. The summed E-state index contributed by atoms with van der Waals surface area (Å²) in [5, 5.41) is 9.65. The first-order chi connectivity index (χ1) is 31.1. The molecule has 15 nitrogen and oxygen atoms in total. The van der Waals surface area contributed by atoms with E-state index in [2.05, 4.69) is 20.9 Å². The van der Waals surface area contributed by atoms with Gasteiger partial charge in [0.25, 0.3) is 11.8 Å². The first-order valence-corrected chi connectivity index (χ1v) is 22.1. The fourth-order valence-corrected chi connectivity index (χ4v) is 8.65. The molecule has 5 amide bonds. The normalized spacial score (nSPS) is 19.1. The Bertz CT molecular complexity index is 2330. The summed E-state index contributed by atoms with van der Waals surface area (Å²) in [6.45, 7) is 5.40. The van der Waals surface area contributed by atoms with E-state index in [1.54, 1.807) is 54.7 Å². The van der Waals surface area contributed by atoms with E-state index < -0.39 is 29.7 Å². The molecule has 0 bridgehead atoms. The quantitative estimate of drug-likeness (QED) is 0.0574. The van der Waals surface area contributed by atoms with Gasteiger partial charge in [-0.2, -0.15) is 0 Å². The summed E-state index contributed by atoms with van der Waals surface area (Å²) in [4.78, 5) is 68.8. The number of aromatic nitrogens is 1. The summed E-state index contributed by atoms with van der Waals surface area (Å²) in [7, 11) is 0. The molecule has 17 heteroatoms. The highest BCUT2D eigenvalue weighted by Crippen LogP contribution is 2.41. The van der Waals surface area contributed by atoms with Crippen LogP contribution >= 0.6 is 11.6 Å². The molecule has 340 valence electrons. The van der Waals surface area contributed by atoms with Gasteiger partial charge in [0.15, 0.2) is 0 Å². The Hall–Kier alpha value is -5.52. The van der Waals surface area contributed by atoms with Crippen LogP contribution in [0.4, 0.5) is 15.8 Å². The van der Waals surface area contributed by atoms with Crippen LogP contribution < -0.4 is 20.7 Å². The molecule has 3 aromatic carbocycles. The number of imide groups is 2. The van der Waals surface area contributed by atoms with Gasteiger partial charge in [0.05, 0.1) is 74.5 Å². The maximum Gasteiger partial charge on any atom is 0.264 e. The Morgan fingerprint density at radius 1 is 0.844 bits per heavy atom. The molecule has 1 saturated carbocycles. The van der Waals surface area contributed by atoms with E-state index in [-0.39, 0.29) is 54.1 Å². The lowest BCUT2D eigenvalue weighted by atomic mass is 9.73. The zero-order chi connectivity index (χ0) is 45.0. The van der Waals surface area contributed by atoms with Gasteiger partial charge in [-0.1, -0.05) is 24.6 Å². The lowest BCUT2D eigenvalue weighted by Gasteiger charge is -2.32. The predicted molar refractivity (Wildman–Crippen MR) is 236 cm³/mol. The zero-order valence-electron chi connectivity index (χ0n) is 35.7. The molecule has 3 heterocycles. The van der Waals surface area contributed by atoms with Crippen molar-refractivity contribution in [3.8, 4) is 5.75 Å². The van der Waals surface area contributed by atoms with Crippen LogP contribution in [0, 0.1) is 17.7 Å². The average molecular weight is 902 g/mol. The van der Waals surface area contributed by atoms with E-state index in [4.69, 9.17) is 35.3 Å². The molecule has 0 spiro atoms. The molecule has 2 aliphatic heterocycles. The summed E-state index contributed by atoms with van der Waals surface area (Å²) in [5.74, 6) is -1.75. The fourth-order valence-electron chi connectivity index (χ4n) is 8.48. The third-order valence-electron chi connectivity index (χ3n) is 11.9. The molecule has 4 aromatic rings. The third kappa shape index (κ3) is 11.6. The number of rotatable bonds is 22. The minimum Gasteiger partial charge on any atom is -0.490 e. The van der Waals surface area contributed by atoms with Crippen molar-refractivity contribution in [2.75, 3.05) is 76.6 Å². The highest BCUT2D eigenvalue weighted by Gasteiger charge is 2.45. The Morgan fingerprint density at radius 2 is 1.55 bits per heavy atom. The Labute approximate surface area is 375 Å². The van der Waals surface area contributed by atoms with Crippen LogP contribution in [0.3, 0.4) is 0 Å². The molecule has 3 aliphatic rings. The van der Waals surface area contributed by atoms with Gasteiger partial charge in [-0.3, -0.25) is 39.2 Å². The lowest BCUT2D eigenvalue weighted by Crippen LogP contribution is -2.54. The second-order valence-corrected chi connectivity index (χ2v) is 16.4. The molecule has 2 atom stereocenters. The summed E-state index contributed by atoms with van der Waals surface area (Å²) in [5.41, 5.74) is 3.39. The standard InChI is InChI=1S/C47H53ClFN5O10/c1-29(30-5-7-31(8-6-30)34-15-16-50-38-12-9-32(49)27-36(34)38)44(56)52-33-10-11-37(48)41(28-33)64-26-25-63-24-23-62-22-21-61-20-19-60-18-17-51-39-4-2-3-35-43(39)47(59)54(46(35)58)40-13-14-42(55)53-45(40)57/h2-4,9-12,15-16,27-31,40,51H,5-8,13-14,17-26H2,1H3,(H,52,56)(H,53,55,57)/t29-,30-,31+,40?/m1/s1. The zero-order valence-corrected chi connectivity index (χ0v) is 36.5. The van der Waals surface area contributed by atoms with Gasteiger partial charge in [-0.05, 0) is 98.0 Å². The van der Waals surface area contributed by atoms with Crippen molar-refractivity contribution in [3.63, 3.8) is 0 Å². The Balaban J connectivity index is 0.703. The topological polar surface area (TPSA) is 184 Å². The van der Waals surface area contributed by atoms with E-state index >= 15 is 0 Å². The smallest absolute Gasteiger partial charge is 0.264 e. The minimum atomic E-state index is -1.03. The molecule has 7 rings (SSSR count). The fraction of sp³-hybridized carbons (Fsp3) is 0.447. The van der Waals surface area contributed by atoms with E-state index in [9.17, 15) is 28.4 Å². The summed E-state index contributed by atoms with van der Waals surface area (Å²) in [6.07, 6.45) is 5.59. The number of nitrogens with zero attached hydrogens (tertiary/aromatic N) is 2. The minimum absolute atomic E-state index is 0.0545. The van der Waals surface area contributed by atoms with Crippen molar-refractivity contribution in [3.05, 3.63) is 94.4 Å². The monoisotopic (exact) mass is 901 g/mol. The number of amides is 5. The van der Waals surface area contributed by atoms with E-state index in [0.717, 1.165) is 47.0 Å². The van der Waals surface area contributed by atoms with Crippen LogP contribution in [0.25, 0.3) is 10.9 Å². The van der Waals surface area contributed by atoms with Crippen molar-refractivity contribution >= 4 is 63.4 Å². The van der Waals surface area contributed by atoms with Gasteiger partial charge in [0.1, 0.15) is 24.2 Å². The molecular formula is C47H53ClFN5O10. The third-order valence-corrected chi connectivity index (χ3v) is 12.2. The molecule has 1 saturated heterocycles. The van der Waals surface area contributed by atoms with Gasteiger partial charge < -0.3 is 34.3 Å². The highest BCUT2D eigenvalue weighted by molar-refractivity contribution is 6.32. The summed E-state index contributed by atoms with van der Waals surface area (Å²) < 4.78 is 42.3. The molecule has 64 heavy (non-hydrogen) atoms. The number of piperidine rings is 1. The van der Waals surface area contributed by atoms with Crippen LogP contribution in [-0.4, -0.2) is 111 Å². The number of hydrogen-bond donors (Lipinski definition) is 3. The van der Waals surface area contributed by atoms with Gasteiger partial charge in [-0.25, -0.2) is 4.39 Å². The van der Waals surface area contributed by atoms with Crippen LogP contribution in [0.15, 0.2) is 66.9 Å². The van der Waals surface area contributed by atoms with Crippen LogP contribution in [0.5, 0.6) is 5.75 Å². The number of halogens is 2. The van der Waals surface area contributed by atoms with E-state index in [0.29, 0.717) is 87.5 Å². The van der Waals surface area contributed by atoms with Crippen molar-refractivity contribution in [1.29, 1.82) is 0 Å². The average Bonchev–Trinajstić information content (AvgIpc) is 3.55. The molecule has 1 aliphatic carbocycles. The number of carbonyl (C=O) groups excluding carboxylic acids is 5. The van der Waals surface area contributed by atoms with Crippen LogP contribution in [0.2, 0.25) is 5.02 Å². The first-order valence-electron chi connectivity index (χ1n) is 21.8. The van der Waals surface area contributed by atoms with Gasteiger partial charge in [0, 0.05) is 47.9 Å². The first kappa shape index (κ1) is 46.5. The second kappa shape index (κ2) is 22.4. The van der Waals surface area contributed by atoms with Crippen LogP contribution in [0.1, 0.15) is 77.6 Å². The van der Waals surface area contributed by atoms with Gasteiger partial charge in [0.2, 0.25) is 17.7 Å². The van der Waals surface area contributed by atoms with Crippen molar-refractivity contribution < 1.29 is 52.0 Å². The van der Waals surface area contributed by atoms with Gasteiger partial charge >= 0.3 is 0 Å². The molecule has 1 aromatic heterocycles. The lowest BCUT2D eigenvalue weighted by molar-refractivity contribution is -0.136. The van der Waals surface area contributed by atoms with Crippen molar-refractivity contribution in [1.82, 2.24) is 15.2 Å². The molecule has 3 N–H and O–H groups in total.